The van der Waals surface area contributed by atoms with Crippen molar-refractivity contribution in [3.8, 4) is 0 Å². The van der Waals surface area contributed by atoms with Gasteiger partial charge in [-0.2, -0.15) is 0 Å². The van der Waals surface area contributed by atoms with E-state index in [-0.39, 0.29) is 11.9 Å². The first kappa shape index (κ1) is 16.1. The van der Waals surface area contributed by atoms with Crippen LogP contribution in [-0.2, 0) is 4.79 Å². The van der Waals surface area contributed by atoms with Gasteiger partial charge in [-0.25, -0.2) is 0 Å². The number of nitrogens with zero attached hydrogens (tertiary/aromatic N) is 1. The number of hydrogen-bond donors (Lipinski definition) is 0. The molecule has 0 aliphatic rings. The molecule has 2 heterocycles. The minimum absolute atomic E-state index is 0.0544. The molecule has 124 valence electrons. The lowest BCUT2D eigenvalue weighted by Crippen LogP contribution is -2.32. The zero-order chi connectivity index (χ0) is 16.9. The molecule has 1 amide bonds. The fourth-order valence-corrected chi connectivity index (χ4v) is 2.73. The number of fused-ring (bicyclic) bond motifs is 1. The van der Waals surface area contributed by atoms with Gasteiger partial charge in [0.05, 0.1) is 12.3 Å². The predicted molar refractivity (Wildman–Crippen MR) is 94.4 cm³/mol. The van der Waals surface area contributed by atoms with Crippen molar-refractivity contribution < 1.29 is 13.6 Å². The standard InChI is InChI=1S/C20H21NO3/c1-3-12-21(20(22)11-10-17-8-6-13-23-17)15(2)19-14-16-7-4-5-9-18(16)24-19/h4-11,13-15H,3,12H2,1-2H3. The van der Waals surface area contributed by atoms with Gasteiger partial charge in [-0.1, -0.05) is 25.1 Å². The van der Waals surface area contributed by atoms with Crippen molar-refractivity contribution in [2.75, 3.05) is 6.54 Å². The molecule has 0 fully saturated rings. The van der Waals surface area contributed by atoms with Gasteiger partial charge in [0.25, 0.3) is 0 Å². The molecular weight excluding hydrogens is 302 g/mol. The first-order valence-electron chi connectivity index (χ1n) is 8.19. The van der Waals surface area contributed by atoms with Crippen LogP contribution in [-0.4, -0.2) is 17.4 Å². The lowest BCUT2D eigenvalue weighted by molar-refractivity contribution is -0.128. The van der Waals surface area contributed by atoms with E-state index >= 15 is 0 Å². The Morgan fingerprint density at radius 2 is 2.08 bits per heavy atom. The number of para-hydroxylation sites is 1. The molecule has 0 bridgehead atoms. The molecule has 0 N–H and O–H groups in total. The monoisotopic (exact) mass is 323 g/mol. The number of hydrogen-bond acceptors (Lipinski definition) is 3. The van der Waals surface area contributed by atoms with Crippen LogP contribution in [0.25, 0.3) is 17.0 Å². The summed E-state index contributed by atoms with van der Waals surface area (Å²) >= 11 is 0. The third-order valence-electron chi connectivity index (χ3n) is 4.00. The van der Waals surface area contributed by atoms with Gasteiger partial charge in [0.1, 0.15) is 17.1 Å². The zero-order valence-corrected chi connectivity index (χ0v) is 13.9. The Labute approximate surface area is 141 Å². The Morgan fingerprint density at radius 3 is 2.79 bits per heavy atom. The van der Waals surface area contributed by atoms with Crippen molar-refractivity contribution in [2.45, 2.75) is 26.3 Å². The first-order chi connectivity index (χ1) is 11.7. The molecule has 1 unspecified atom stereocenters. The van der Waals surface area contributed by atoms with E-state index in [0.717, 1.165) is 23.2 Å². The normalized spacial score (nSPS) is 12.8. The van der Waals surface area contributed by atoms with Crippen LogP contribution in [0.4, 0.5) is 0 Å². The van der Waals surface area contributed by atoms with Crippen LogP contribution in [0.5, 0.6) is 0 Å². The highest BCUT2D eigenvalue weighted by Gasteiger charge is 2.22. The first-order valence-corrected chi connectivity index (χ1v) is 8.19. The van der Waals surface area contributed by atoms with Crippen molar-refractivity contribution in [1.82, 2.24) is 4.90 Å². The molecule has 4 heteroatoms. The van der Waals surface area contributed by atoms with Gasteiger partial charge in [0, 0.05) is 18.0 Å². The summed E-state index contributed by atoms with van der Waals surface area (Å²) < 4.78 is 11.2. The SMILES string of the molecule is CCCN(C(=O)C=Cc1ccco1)C(C)c1cc2ccccc2o1. The van der Waals surface area contributed by atoms with E-state index in [1.165, 1.54) is 0 Å². The summed E-state index contributed by atoms with van der Waals surface area (Å²) in [6, 6.07) is 13.4. The Morgan fingerprint density at radius 1 is 1.25 bits per heavy atom. The summed E-state index contributed by atoms with van der Waals surface area (Å²) in [7, 11) is 0. The number of amides is 1. The lowest BCUT2D eigenvalue weighted by Gasteiger charge is -2.26. The van der Waals surface area contributed by atoms with Gasteiger partial charge in [0.2, 0.25) is 5.91 Å². The summed E-state index contributed by atoms with van der Waals surface area (Å²) in [5.41, 5.74) is 0.842. The third-order valence-corrected chi connectivity index (χ3v) is 4.00. The number of furan rings is 2. The van der Waals surface area contributed by atoms with Gasteiger partial charge >= 0.3 is 0 Å². The van der Waals surface area contributed by atoms with Crippen LogP contribution < -0.4 is 0 Å². The molecule has 0 radical (unpaired) electrons. The molecule has 0 aliphatic carbocycles. The Bertz CT molecular complexity index is 797. The maximum absolute atomic E-state index is 12.6. The van der Waals surface area contributed by atoms with Crippen molar-refractivity contribution in [2.24, 2.45) is 0 Å². The highest BCUT2D eigenvalue weighted by Crippen LogP contribution is 2.27. The second-order valence-corrected chi connectivity index (χ2v) is 5.74. The second-order valence-electron chi connectivity index (χ2n) is 5.74. The maximum atomic E-state index is 12.6. The highest BCUT2D eigenvalue weighted by molar-refractivity contribution is 5.91. The molecule has 3 rings (SSSR count). The molecule has 24 heavy (non-hydrogen) atoms. The van der Waals surface area contributed by atoms with E-state index in [1.54, 1.807) is 24.5 Å². The highest BCUT2D eigenvalue weighted by atomic mass is 16.3. The smallest absolute Gasteiger partial charge is 0.247 e. The molecule has 3 aromatic rings. The van der Waals surface area contributed by atoms with E-state index in [2.05, 4.69) is 6.92 Å². The average molecular weight is 323 g/mol. The van der Waals surface area contributed by atoms with E-state index in [0.29, 0.717) is 12.3 Å². The van der Waals surface area contributed by atoms with Crippen molar-refractivity contribution >= 4 is 23.0 Å². The van der Waals surface area contributed by atoms with Crippen LogP contribution >= 0.6 is 0 Å². The van der Waals surface area contributed by atoms with Gasteiger partial charge in [0.15, 0.2) is 0 Å². The lowest BCUT2D eigenvalue weighted by atomic mass is 10.1. The molecule has 0 saturated carbocycles. The fourth-order valence-electron chi connectivity index (χ4n) is 2.73. The predicted octanol–water partition coefficient (Wildman–Crippen LogP) is 5.04. The summed E-state index contributed by atoms with van der Waals surface area (Å²) in [5, 5.41) is 1.05. The topological polar surface area (TPSA) is 46.6 Å². The molecule has 0 aliphatic heterocycles. The average Bonchev–Trinajstić information content (AvgIpc) is 3.25. The van der Waals surface area contributed by atoms with Gasteiger partial charge in [-0.05, 0) is 43.7 Å². The quantitative estimate of drug-likeness (QED) is 0.597. The summed E-state index contributed by atoms with van der Waals surface area (Å²) in [4.78, 5) is 14.4. The van der Waals surface area contributed by atoms with E-state index < -0.39 is 0 Å². The number of carbonyl (C=O) groups is 1. The van der Waals surface area contributed by atoms with Gasteiger partial charge in [-0.15, -0.1) is 0 Å². The number of rotatable bonds is 6. The van der Waals surface area contributed by atoms with Crippen LogP contribution in [0.2, 0.25) is 0 Å². The van der Waals surface area contributed by atoms with E-state index in [4.69, 9.17) is 8.83 Å². The number of benzene rings is 1. The van der Waals surface area contributed by atoms with Crippen molar-refractivity contribution in [3.63, 3.8) is 0 Å². The van der Waals surface area contributed by atoms with Crippen LogP contribution in [0.1, 0.15) is 37.8 Å². The Kier molecular flexibility index (Phi) is 4.85. The van der Waals surface area contributed by atoms with Crippen LogP contribution in [0, 0.1) is 0 Å². The summed E-state index contributed by atoms with van der Waals surface area (Å²) in [6.07, 6.45) is 5.71. The Hall–Kier alpha value is -2.75. The van der Waals surface area contributed by atoms with E-state index in [1.807, 2.05) is 48.2 Å². The molecule has 0 saturated heterocycles. The zero-order valence-electron chi connectivity index (χ0n) is 13.9. The largest absolute Gasteiger partial charge is 0.465 e. The molecule has 0 spiro atoms. The molecule has 2 aromatic heterocycles. The van der Waals surface area contributed by atoms with Gasteiger partial charge in [-0.3, -0.25) is 4.79 Å². The minimum atomic E-state index is -0.133. The van der Waals surface area contributed by atoms with Crippen LogP contribution in [0.3, 0.4) is 0 Å². The summed E-state index contributed by atoms with van der Waals surface area (Å²) in [6.45, 7) is 4.72. The van der Waals surface area contributed by atoms with Gasteiger partial charge < -0.3 is 13.7 Å². The van der Waals surface area contributed by atoms with E-state index in [9.17, 15) is 4.79 Å². The maximum Gasteiger partial charge on any atom is 0.247 e. The fraction of sp³-hybridized carbons (Fsp3) is 0.250. The minimum Gasteiger partial charge on any atom is -0.465 e. The molecule has 1 atom stereocenters. The number of carbonyl (C=O) groups excluding carboxylic acids is 1. The van der Waals surface area contributed by atoms with Crippen LogP contribution in [0.15, 0.2) is 63.6 Å². The van der Waals surface area contributed by atoms with Crippen molar-refractivity contribution in [1.29, 1.82) is 0 Å². The third kappa shape index (κ3) is 3.43. The molecular formula is C20H21NO3. The second kappa shape index (κ2) is 7.21. The summed E-state index contributed by atoms with van der Waals surface area (Å²) in [5.74, 6) is 1.40. The molecule has 4 nitrogen and oxygen atoms in total. The van der Waals surface area contributed by atoms with Crippen molar-refractivity contribution in [3.05, 3.63) is 66.3 Å². The Balaban J connectivity index is 1.82. The molecule has 1 aromatic carbocycles.